The topological polar surface area (TPSA) is 122 Å². The molecule has 5 N–H and O–H groups in total. The lowest BCUT2D eigenvalue weighted by Crippen LogP contribution is -2.63. The minimum Gasteiger partial charge on any atom is -0.477 e. The molecular weight excluding hydrogens is 406 g/mol. The maximum absolute atomic E-state index is 12.4. The Bertz CT molecular complexity index is 647. The number of nitrogens with zero attached hydrogens (tertiary/aromatic N) is 1. The van der Waals surface area contributed by atoms with E-state index in [9.17, 15) is 24.9 Å². The van der Waals surface area contributed by atoms with E-state index in [1.807, 2.05) is 14.0 Å². The van der Waals surface area contributed by atoms with Crippen LogP contribution in [-0.4, -0.2) is 81.8 Å². The zero-order valence-electron chi connectivity index (χ0n) is 16.3. The van der Waals surface area contributed by atoms with Crippen molar-refractivity contribution in [2.75, 3.05) is 20.1 Å². The third kappa shape index (κ3) is 4.06. The molecule has 2 fully saturated rings. The molecule has 0 aromatic heterocycles. The molecule has 28 heavy (non-hydrogen) atoms. The summed E-state index contributed by atoms with van der Waals surface area (Å²) in [6.45, 7) is 4.94. The van der Waals surface area contributed by atoms with Crippen LogP contribution in [0.3, 0.4) is 0 Å². The largest absolute Gasteiger partial charge is 0.477 e. The number of amides is 1. The molecule has 1 unspecified atom stereocenters. The number of nitrogens with one attached hydrogen (secondary N) is 2. The first kappa shape index (κ1) is 23.4. The van der Waals surface area contributed by atoms with Crippen molar-refractivity contribution in [3.05, 3.63) is 10.6 Å². The van der Waals surface area contributed by atoms with Crippen LogP contribution < -0.4 is 10.6 Å². The van der Waals surface area contributed by atoms with E-state index in [1.165, 1.54) is 16.7 Å². The summed E-state index contributed by atoms with van der Waals surface area (Å²) >= 11 is 1.50. The highest BCUT2D eigenvalue weighted by molar-refractivity contribution is 8.03. The fraction of sp³-hybridized carbons (Fsp3) is 0.778. The third-order valence-corrected chi connectivity index (χ3v) is 7.40. The predicted octanol–water partition coefficient (Wildman–Crippen LogP) is -0.00400. The number of carbonyl (C=O) groups excluding carboxylic acids is 1. The normalized spacial score (nSPS) is 34.0. The molecule has 10 heteroatoms. The van der Waals surface area contributed by atoms with Gasteiger partial charge in [-0.15, -0.1) is 24.2 Å². The number of aliphatic carboxylic acids is 1. The van der Waals surface area contributed by atoms with Crippen molar-refractivity contribution in [2.24, 2.45) is 11.8 Å². The van der Waals surface area contributed by atoms with E-state index in [0.717, 1.165) is 13.0 Å². The van der Waals surface area contributed by atoms with Gasteiger partial charge in [-0.3, -0.25) is 4.79 Å². The number of halogens is 1. The van der Waals surface area contributed by atoms with Crippen LogP contribution in [0.5, 0.6) is 0 Å². The van der Waals surface area contributed by atoms with Crippen molar-refractivity contribution in [1.82, 2.24) is 15.5 Å². The monoisotopic (exact) mass is 435 g/mol. The zero-order chi connectivity index (χ0) is 19.9. The van der Waals surface area contributed by atoms with Crippen molar-refractivity contribution in [1.29, 1.82) is 0 Å². The summed E-state index contributed by atoms with van der Waals surface area (Å²) in [5, 5.41) is 36.4. The minimum atomic E-state index is -1.10. The summed E-state index contributed by atoms with van der Waals surface area (Å²) in [6.07, 6.45) is 0.168. The van der Waals surface area contributed by atoms with Gasteiger partial charge in [-0.1, -0.05) is 6.92 Å². The molecule has 3 aliphatic heterocycles. The van der Waals surface area contributed by atoms with Crippen LogP contribution in [0.15, 0.2) is 10.6 Å². The molecule has 0 aromatic rings. The highest BCUT2D eigenvalue weighted by atomic mass is 35.5. The van der Waals surface area contributed by atoms with Gasteiger partial charge < -0.3 is 30.9 Å². The number of hydrogen-bond donors (Lipinski definition) is 5. The van der Waals surface area contributed by atoms with Gasteiger partial charge >= 0.3 is 5.97 Å². The molecule has 3 rings (SSSR count). The summed E-state index contributed by atoms with van der Waals surface area (Å²) in [6, 6.07) is -0.289. The van der Waals surface area contributed by atoms with Crippen molar-refractivity contribution in [3.8, 4) is 0 Å². The number of carboxylic acid groups (broad SMARTS) is 1. The zero-order valence-corrected chi connectivity index (χ0v) is 17.9. The highest BCUT2D eigenvalue weighted by Crippen LogP contribution is 2.51. The molecule has 1 amide bonds. The Morgan fingerprint density at radius 3 is 2.68 bits per heavy atom. The SMILES string of the molecule is CNCC[C@@H](O)[C@H]1C[C@H](SC2=C(C(=O)O)N3C(=O)[C@@H](C(C)O)[C@H]3[C@H]2C)CN1.Cl. The third-order valence-electron chi connectivity index (χ3n) is 5.88. The summed E-state index contributed by atoms with van der Waals surface area (Å²) in [7, 11) is 1.85. The molecule has 0 aliphatic carbocycles. The molecule has 160 valence electrons. The molecule has 3 heterocycles. The first-order valence-corrected chi connectivity index (χ1v) is 10.4. The van der Waals surface area contributed by atoms with Gasteiger partial charge in [0, 0.05) is 28.7 Å². The van der Waals surface area contributed by atoms with Crippen molar-refractivity contribution in [3.63, 3.8) is 0 Å². The Kier molecular flexibility index (Phi) is 7.80. The van der Waals surface area contributed by atoms with Crippen LogP contribution in [0.1, 0.15) is 26.7 Å². The molecule has 0 radical (unpaired) electrons. The Morgan fingerprint density at radius 1 is 1.43 bits per heavy atom. The second-order valence-electron chi connectivity index (χ2n) is 7.72. The number of fused-ring (bicyclic) bond motifs is 1. The lowest BCUT2D eigenvalue weighted by Gasteiger charge is -2.46. The minimum absolute atomic E-state index is 0. The average molecular weight is 436 g/mol. The summed E-state index contributed by atoms with van der Waals surface area (Å²) in [5.41, 5.74) is 0.0681. The van der Waals surface area contributed by atoms with E-state index in [4.69, 9.17) is 0 Å². The Balaban J connectivity index is 0.00000280. The molecule has 0 spiro atoms. The van der Waals surface area contributed by atoms with Crippen molar-refractivity contribution in [2.45, 2.75) is 56.2 Å². The van der Waals surface area contributed by atoms with Crippen LogP contribution >= 0.6 is 24.2 Å². The fourth-order valence-electron chi connectivity index (χ4n) is 4.47. The predicted molar refractivity (Wildman–Crippen MR) is 109 cm³/mol. The van der Waals surface area contributed by atoms with E-state index in [0.29, 0.717) is 17.9 Å². The van der Waals surface area contributed by atoms with Crippen LogP contribution in [0.25, 0.3) is 0 Å². The number of thioether (sulfide) groups is 1. The van der Waals surface area contributed by atoms with Crippen LogP contribution in [0, 0.1) is 11.8 Å². The van der Waals surface area contributed by atoms with Gasteiger partial charge in [-0.25, -0.2) is 4.79 Å². The van der Waals surface area contributed by atoms with Crippen molar-refractivity contribution < 1.29 is 24.9 Å². The Labute approximate surface area is 175 Å². The van der Waals surface area contributed by atoms with Gasteiger partial charge in [0.1, 0.15) is 5.70 Å². The Hall–Kier alpha value is -0.840. The second kappa shape index (κ2) is 9.32. The van der Waals surface area contributed by atoms with E-state index in [2.05, 4.69) is 10.6 Å². The van der Waals surface area contributed by atoms with Crippen LogP contribution in [0.2, 0.25) is 0 Å². The summed E-state index contributed by atoms with van der Waals surface area (Å²) in [4.78, 5) is 26.3. The van der Waals surface area contributed by atoms with Gasteiger partial charge in [0.2, 0.25) is 5.91 Å². The second-order valence-corrected chi connectivity index (χ2v) is 9.06. The van der Waals surface area contributed by atoms with E-state index in [1.54, 1.807) is 6.92 Å². The summed E-state index contributed by atoms with van der Waals surface area (Å²) in [5.74, 6) is -2.06. The molecule has 0 saturated carbocycles. The Morgan fingerprint density at radius 2 is 2.11 bits per heavy atom. The first-order valence-electron chi connectivity index (χ1n) is 9.49. The average Bonchev–Trinajstić information content (AvgIpc) is 3.15. The first-order chi connectivity index (χ1) is 12.8. The number of rotatable bonds is 8. The van der Waals surface area contributed by atoms with E-state index in [-0.39, 0.29) is 47.3 Å². The van der Waals surface area contributed by atoms with Gasteiger partial charge in [0.15, 0.2) is 0 Å². The molecular formula is C18H30ClN3O5S. The van der Waals surface area contributed by atoms with E-state index < -0.39 is 24.1 Å². The maximum Gasteiger partial charge on any atom is 0.353 e. The molecule has 0 aromatic carbocycles. The smallest absolute Gasteiger partial charge is 0.353 e. The number of aliphatic hydroxyl groups is 2. The lowest BCUT2D eigenvalue weighted by atomic mass is 9.79. The number of aliphatic hydroxyl groups excluding tert-OH is 2. The number of carbonyl (C=O) groups is 2. The lowest BCUT2D eigenvalue weighted by molar-refractivity contribution is -0.163. The van der Waals surface area contributed by atoms with Crippen LogP contribution in [0.4, 0.5) is 0 Å². The van der Waals surface area contributed by atoms with Gasteiger partial charge in [0.25, 0.3) is 0 Å². The number of β-lactam (4-membered cyclic amide) rings is 1. The fourth-order valence-corrected chi connectivity index (χ4v) is 5.96. The number of hydrogen-bond acceptors (Lipinski definition) is 7. The van der Waals surface area contributed by atoms with Crippen molar-refractivity contribution >= 4 is 36.0 Å². The van der Waals surface area contributed by atoms with E-state index >= 15 is 0 Å². The van der Waals surface area contributed by atoms with Gasteiger partial charge in [-0.2, -0.15) is 0 Å². The number of carboxylic acids is 1. The van der Waals surface area contributed by atoms with Crippen LogP contribution in [-0.2, 0) is 9.59 Å². The standard InChI is InChI=1S/C18H29N3O5S.ClH/c1-8-14-13(9(2)22)17(24)21(14)15(18(25)26)16(8)27-10-6-11(20-7-10)12(23)4-5-19-3;/h8-14,19-20,22-23H,4-7H2,1-3H3,(H,25,26);1H/t8-,9?,10+,11-,12-,13+,14-;/m1./s1. The maximum atomic E-state index is 12.4. The van der Waals surface area contributed by atoms with Gasteiger partial charge in [-0.05, 0) is 33.4 Å². The molecule has 0 bridgehead atoms. The highest BCUT2D eigenvalue weighted by Gasteiger charge is 2.60. The molecule has 3 aliphatic rings. The summed E-state index contributed by atoms with van der Waals surface area (Å²) < 4.78 is 0. The van der Waals surface area contributed by atoms with Gasteiger partial charge in [0.05, 0.1) is 24.2 Å². The molecule has 8 nitrogen and oxygen atoms in total. The molecule has 7 atom stereocenters. The molecule has 2 saturated heterocycles. The quantitative estimate of drug-likeness (QED) is 0.338.